The molecule has 6 aromatic carbocycles. The molecule has 10 rings (SSSR count). The molecule has 7 nitrogen and oxygen atoms in total. The third-order valence-corrected chi connectivity index (χ3v) is 11.9. The molecule has 0 atom stereocenters. The van der Waals surface area contributed by atoms with Gasteiger partial charge in [-0.1, -0.05) is 72.8 Å². The molecule has 0 unspecified atom stereocenters. The van der Waals surface area contributed by atoms with Crippen molar-refractivity contribution in [1.82, 2.24) is 9.13 Å². The lowest BCUT2D eigenvalue weighted by Gasteiger charge is -2.20. The van der Waals surface area contributed by atoms with Crippen LogP contribution in [0.5, 0.6) is 0 Å². The average molecular weight is 832 g/mol. The summed E-state index contributed by atoms with van der Waals surface area (Å²) < 4.78 is 47.1. The highest BCUT2D eigenvalue weighted by Gasteiger charge is 2.31. The third kappa shape index (κ3) is 6.33. The number of alkyl halides is 3. The molecule has 0 aliphatic heterocycles. The molecule has 300 valence electrons. The minimum absolute atomic E-state index is 0.195. The molecule has 0 bridgehead atoms. The van der Waals surface area contributed by atoms with Gasteiger partial charge in [-0.3, -0.25) is 0 Å². The number of fused-ring (bicyclic) bond motifs is 6. The van der Waals surface area contributed by atoms with E-state index in [1.54, 1.807) is 42.5 Å². The summed E-state index contributed by atoms with van der Waals surface area (Å²) in [5, 5.41) is 55.0. The van der Waals surface area contributed by atoms with E-state index in [0.29, 0.717) is 74.2 Å². The highest BCUT2D eigenvalue weighted by atomic mass is 19.4. The maximum Gasteiger partial charge on any atom is 0.416 e. The minimum Gasteiger partial charge on any atom is -0.308 e. The Balaban J connectivity index is 1.34. The number of nitriles is 5. The summed E-state index contributed by atoms with van der Waals surface area (Å²) in [6, 6.07) is 44.1. The van der Waals surface area contributed by atoms with Gasteiger partial charge in [0.15, 0.2) is 0 Å². The predicted octanol–water partition coefficient (Wildman–Crippen LogP) is 11.0. The molecular weight excluding hydrogens is 804 g/mol. The monoisotopic (exact) mass is 831 g/mol. The fraction of sp³-hybridized carbons (Fsp3) is 0.0556. The molecule has 0 saturated carbocycles. The second-order valence-corrected chi connectivity index (χ2v) is 15.6. The van der Waals surface area contributed by atoms with Crippen LogP contribution in [0.3, 0.4) is 0 Å². The highest BCUT2D eigenvalue weighted by molar-refractivity contribution is 6.11. The molecule has 0 spiro atoms. The molecular formula is C54H28F3N7. The summed E-state index contributed by atoms with van der Waals surface area (Å²) >= 11 is 0. The van der Waals surface area contributed by atoms with E-state index >= 15 is 0 Å². The lowest BCUT2D eigenvalue weighted by molar-refractivity contribution is -0.137. The van der Waals surface area contributed by atoms with Gasteiger partial charge in [-0.2, -0.15) is 39.5 Å². The summed E-state index contributed by atoms with van der Waals surface area (Å²) in [7, 11) is 0. The van der Waals surface area contributed by atoms with Gasteiger partial charge in [0.25, 0.3) is 0 Å². The van der Waals surface area contributed by atoms with Crippen LogP contribution in [0, 0.1) is 56.7 Å². The quantitative estimate of drug-likeness (QED) is 0.174. The first-order chi connectivity index (χ1) is 31.1. The van der Waals surface area contributed by atoms with Gasteiger partial charge in [-0.15, -0.1) is 0 Å². The Morgan fingerprint density at radius 3 is 2.09 bits per heavy atom. The largest absolute Gasteiger partial charge is 0.416 e. The topological polar surface area (TPSA) is 129 Å². The van der Waals surface area contributed by atoms with Crippen LogP contribution in [0.25, 0.3) is 78.0 Å². The predicted molar refractivity (Wildman–Crippen MR) is 240 cm³/mol. The standard InChI is InChI=1S/C54H28F3N7/c55-54(56,57)41-7-5-6-38(24-41)42-16-17-50(63-48-10-3-1-8-43(48)45-14-12-36(25-51(45)63)39-20-32(27-58)18-33(21-39)28-59)47(31-62)53(42)64-49-11-4-2-9-44(49)46-15-13-37(26-52(46)64)40-22-34(29-60)19-35(23-40)30-61/h1-7,9-20,22-26H,8,21H2. The number of para-hydroxylation sites is 1. The van der Waals surface area contributed by atoms with Gasteiger partial charge in [-0.05, 0) is 112 Å². The van der Waals surface area contributed by atoms with Crippen molar-refractivity contribution in [2.75, 3.05) is 0 Å². The van der Waals surface area contributed by atoms with E-state index in [1.807, 2.05) is 81.9 Å². The first kappa shape index (κ1) is 39.0. The van der Waals surface area contributed by atoms with Crippen LogP contribution in [-0.4, -0.2) is 9.13 Å². The van der Waals surface area contributed by atoms with Crippen LogP contribution in [0.15, 0.2) is 151 Å². The fourth-order valence-corrected chi connectivity index (χ4v) is 9.13. The van der Waals surface area contributed by atoms with E-state index in [2.05, 4.69) is 36.4 Å². The summed E-state index contributed by atoms with van der Waals surface area (Å²) in [6.45, 7) is 0. The molecule has 2 aromatic heterocycles. The molecule has 0 radical (unpaired) electrons. The summed E-state index contributed by atoms with van der Waals surface area (Å²) in [5.74, 6) is 0. The van der Waals surface area contributed by atoms with Crippen molar-refractivity contribution >= 4 is 44.4 Å². The van der Waals surface area contributed by atoms with Crippen molar-refractivity contribution in [2.45, 2.75) is 19.0 Å². The van der Waals surface area contributed by atoms with Crippen molar-refractivity contribution in [1.29, 1.82) is 26.3 Å². The normalized spacial score (nSPS) is 14.1. The zero-order valence-corrected chi connectivity index (χ0v) is 33.5. The van der Waals surface area contributed by atoms with Gasteiger partial charge in [-0.25, -0.2) is 0 Å². The number of halogens is 3. The van der Waals surface area contributed by atoms with Gasteiger partial charge < -0.3 is 9.13 Å². The first-order valence-corrected chi connectivity index (χ1v) is 20.1. The van der Waals surface area contributed by atoms with Crippen molar-refractivity contribution in [3.8, 4) is 64.0 Å². The SMILES string of the molecule is N#CC1=CC(=c2ccc3c4c(n(-c5ccc(-c6cccc(C(F)(F)F)c6)c(-n6c7ccccc7c7ccc(-c8cc(C#N)cc(C#N)c8)cc76)c5C#N)c3c2)=CC=CC4)CC(C#N)=C1. The van der Waals surface area contributed by atoms with E-state index < -0.39 is 11.7 Å². The lowest BCUT2D eigenvalue weighted by atomic mass is 9.94. The summed E-state index contributed by atoms with van der Waals surface area (Å²) in [5.41, 5.74) is 7.51. The molecule has 2 aliphatic rings. The van der Waals surface area contributed by atoms with Crippen LogP contribution < -0.4 is 10.6 Å². The second kappa shape index (κ2) is 15.1. The van der Waals surface area contributed by atoms with Gasteiger partial charge in [0, 0.05) is 33.7 Å². The lowest BCUT2D eigenvalue weighted by Crippen LogP contribution is -2.20. The van der Waals surface area contributed by atoms with E-state index in [4.69, 9.17) is 0 Å². The molecule has 0 N–H and O–H groups in total. The van der Waals surface area contributed by atoms with Crippen molar-refractivity contribution in [2.24, 2.45) is 0 Å². The Morgan fingerprint density at radius 1 is 0.578 bits per heavy atom. The zero-order valence-electron chi connectivity index (χ0n) is 33.5. The number of hydrogen-bond acceptors (Lipinski definition) is 5. The van der Waals surface area contributed by atoms with Crippen LogP contribution in [0.1, 0.15) is 34.2 Å². The smallest absolute Gasteiger partial charge is 0.308 e. The average Bonchev–Trinajstić information content (AvgIpc) is 3.84. The first-order valence-electron chi connectivity index (χ1n) is 20.1. The molecule has 64 heavy (non-hydrogen) atoms. The van der Waals surface area contributed by atoms with E-state index in [9.17, 15) is 39.5 Å². The second-order valence-electron chi connectivity index (χ2n) is 15.6. The number of hydrogen-bond donors (Lipinski definition) is 0. The number of allylic oxidation sites excluding steroid dienone is 6. The Labute approximate surface area is 363 Å². The Kier molecular flexibility index (Phi) is 9.20. The molecule has 0 fully saturated rings. The van der Waals surface area contributed by atoms with E-state index in [0.717, 1.165) is 55.5 Å². The maximum atomic E-state index is 14.4. The van der Waals surface area contributed by atoms with E-state index in [-0.39, 0.29) is 11.1 Å². The highest BCUT2D eigenvalue weighted by Crippen LogP contribution is 2.42. The molecule has 2 heterocycles. The van der Waals surface area contributed by atoms with Crippen LogP contribution >= 0.6 is 0 Å². The number of nitrogens with zero attached hydrogens (tertiary/aromatic N) is 7. The summed E-state index contributed by atoms with van der Waals surface area (Å²) in [4.78, 5) is 0. The number of rotatable bonds is 4. The Bertz CT molecular complexity index is 3800. The van der Waals surface area contributed by atoms with Crippen LogP contribution in [0.4, 0.5) is 13.2 Å². The molecule has 2 aliphatic carbocycles. The molecule has 10 heteroatoms. The maximum absolute atomic E-state index is 14.4. The van der Waals surface area contributed by atoms with Gasteiger partial charge in [0.1, 0.15) is 11.6 Å². The van der Waals surface area contributed by atoms with E-state index in [1.165, 1.54) is 12.1 Å². The van der Waals surface area contributed by atoms with Gasteiger partial charge >= 0.3 is 6.18 Å². The zero-order chi connectivity index (χ0) is 44.3. The van der Waals surface area contributed by atoms with Crippen LogP contribution in [-0.2, 0) is 12.6 Å². The van der Waals surface area contributed by atoms with Crippen molar-refractivity contribution in [3.63, 3.8) is 0 Å². The summed E-state index contributed by atoms with van der Waals surface area (Å²) in [6.07, 6.45) is 5.66. The van der Waals surface area contributed by atoms with Crippen LogP contribution in [0.2, 0.25) is 0 Å². The van der Waals surface area contributed by atoms with Crippen molar-refractivity contribution < 1.29 is 13.2 Å². The molecule has 0 saturated heterocycles. The van der Waals surface area contributed by atoms with Gasteiger partial charge in [0.2, 0.25) is 0 Å². The third-order valence-electron chi connectivity index (χ3n) is 11.9. The number of aromatic nitrogens is 2. The molecule has 8 aromatic rings. The number of benzene rings is 6. The van der Waals surface area contributed by atoms with Gasteiger partial charge in [0.05, 0.1) is 79.8 Å². The fourth-order valence-electron chi connectivity index (χ4n) is 9.13. The Hall–Kier alpha value is -9.14. The minimum atomic E-state index is -4.64. The Morgan fingerprint density at radius 2 is 1.34 bits per heavy atom. The molecule has 0 amide bonds. The van der Waals surface area contributed by atoms with Crippen molar-refractivity contribution in [3.05, 3.63) is 189 Å².